The third kappa shape index (κ3) is 1.95. The van der Waals surface area contributed by atoms with Crippen molar-refractivity contribution in [2.24, 2.45) is 0 Å². The molecule has 2 atom stereocenters. The number of piperidine rings is 1. The summed E-state index contributed by atoms with van der Waals surface area (Å²) in [6.45, 7) is 0. The van der Waals surface area contributed by atoms with E-state index in [-0.39, 0.29) is 11.9 Å². The van der Waals surface area contributed by atoms with E-state index in [1.165, 1.54) is 11.1 Å². The van der Waals surface area contributed by atoms with Crippen LogP contribution in [-0.4, -0.2) is 26.2 Å². The van der Waals surface area contributed by atoms with Gasteiger partial charge in [-0.2, -0.15) is 0 Å². The Kier molecular flexibility index (Phi) is 3.09. The second kappa shape index (κ2) is 4.76. The summed E-state index contributed by atoms with van der Waals surface area (Å²) in [5.41, 5.74) is 2.56. The number of benzene rings is 1. The first-order chi connectivity index (χ1) is 9.24. The predicted octanol–water partition coefficient (Wildman–Crippen LogP) is 2.01. The molecule has 0 radical (unpaired) electrons. The van der Waals surface area contributed by atoms with Gasteiger partial charge >= 0.3 is 0 Å². The summed E-state index contributed by atoms with van der Waals surface area (Å²) in [4.78, 5) is 11.5. The number of hydrogen-bond donors (Lipinski definition) is 1. The van der Waals surface area contributed by atoms with Crippen molar-refractivity contribution in [2.75, 3.05) is 14.2 Å². The molecule has 0 spiro atoms. The van der Waals surface area contributed by atoms with Gasteiger partial charge in [0.05, 0.1) is 14.2 Å². The number of amides is 1. The number of fused-ring (bicyclic) bond motifs is 3. The molecule has 0 unspecified atom stereocenters. The maximum atomic E-state index is 11.5. The average molecular weight is 261 g/mol. The van der Waals surface area contributed by atoms with Crippen LogP contribution in [0.4, 0.5) is 0 Å². The largest absolute Gasteiger partial charge is 0.493 e. The monoisotopic (exact) mass is 261 g/mol. The van der Waals surface area contributed by atoms with Crippen LogP contribution in [0.25, 0.3) is 0 Å². The summed E-state index contributed by atoms with van der Waals surface area (Å²) in [6.07, 6.45) is 3.46. The maximum absolute atomic E-state index is 11.5. The Morgan fingerprint density at radius 3 is 2.74 bits per heavy atom. The van der Waals surface area contributed by atoms with E-state index in [1.807, 2.05) is 6.07 Å². The van der Waals surface area contributed by atoms with Crippen LogP contribution in [0.1, 0.15) is 36.3 Å². The number of hydrogen-bond acceptors (Lipinski definition) is 3. The molecular formula is C15H19NO3. The molecule has 1 heterocycles. The Balaban J connectivity index is 2.02. The molecule has 4 heteroatoms. The zero-order chi connectivity index (χ0) is 13.4. The minimum absolute atomic E-state index is 0.185. The molecule has 1 aromatic carbocycles. The second-order valence-corrected chi connectivity index (χ2v) is 5.23. The van der Waals surface area contributed by atoms with Crippen molar-refractivity contribution >= 4 is 5.91 Å². The molecule has 1 aromatic rings. The van der Waals surface area contributed by atoms with Gasteiger partial charge in [-0.3, -0.25) is 4.79 Å². The molecule has 0 bridgehead atoms. The molecular weight excluding hydrogens is 242 g/mol. The number of methoxy groups -OCH3 is 2. The Morgan fingerprint density at radius 1 is 1.16 bits per heavy atom. The standard InChI is InChI=1S/C15H19NO3/c1-18-13-7-4-9-10-5-8-14(17)16-12(10)6-3-11(9)15(13)19-2/h4,7,10,12H,3,5-6,8H2,1-2H3,(H,16,17)/t10-,12-/m0/s1. The molecule has 2 aliphatic rings. The quantitative estimate of drug-likeness (QED) is 0.886. The van der Waals surface area contributed by atoms with Crippen LogP contribution in [0, 0.1) is 0 Å². The summed E-state index contributed by atoms with van der Waals surface area (Å²) in [5.74, 6) is 2.25. The Bertz CT molecular complexity index is 512. The molecule has 0 saturated carbocycles. The Labute approximate surface area is 113 Å². The second-order valence-electron chi connectivity index (χ2n) is 5.23. The van der Waals surface area contributed by atoms with Gasteiger partial charge in [-0.05, 0) is 30.9 Å². The van der Waals surface area contributed by atoms with Crippen molar-refractivity contribution in [2.45, 2.75) is 37.6 Å². The van der Waals surface area contributed by atoms with Crippen molar-refractivity contribution in [1.29, 1.82) is 0 Å². The van der Waals surface area contributed by atoms with Gasteiger partial charge in [-0.25, -0.2) is 0 Å². The fourth-order valence-corrected chi connectivity index (χ4v) is 3.42. The van der Waals surface area contributed by atoms with Crippen LogP contribution >= 0.6 is 0 Å². The van der Waals surface area contributed by atoms with E-state index < -0.39 is 0 Å². The van der Waals surface area contributed by atoms with Crippen LogP contribution in [0.2, 0.25) is 0 Å². The molecule has 3 rings (SSSR count). The highest BCUT2D eigenvalue weighted by Crippen LogP contribution is 2.44. The highest BCUT2D eigenvalue weighted by Gasteiger charge is 2.35. The van der Waals surface area contributed by atoms with E-state index >= 15 is 0 Å². The first-order valence-corrected chi connectivity index (χ1v) is 6.77. The zero-order valence-electron chi connectivity index (χ0n) is 11.4. The molecule has 1 saturated heterocycles. The van der Waals surface area contributed by atoms with E-state index in [1.54, 1.807) is 14.2 Å². The lowest BCUT2D eigenvalue weighted by Gasteiger charge is -2.38. The summed E-state index contributed by atoms with van der Waals surface area (Å²) >= 11 is 0. The van der Waals surface area contributed by atoms with E-state index in [4.69, 9.17) is 9.47 Å². The molecule has 1 aliphatic carbocycles. The average Bonchev–Trinajstić information content (AvgIpc) is 2.45. The van der Waals surface area contributed by atoms with Crippen LogP contribution in [0.3, 0.4) is 0 Å². The lowest BCUT2D eigenvalue weighted by molar-refractivity contribution is -0.123. The molecule has 1 amide bonds. The van der Waals surface area contributed by atoms with Gasteiger partial charge in [-0.1, -0.05) is 6.07 Å². The van der Waals surface area contributed by atoms with Gasteiger partial charge in [0.25, 0.3) is 0 Å². The van der Waals surface area contributed by atoms with Gasteiger partial charge in [0.15, 0.2) is 11.5 Å². The highest BCUT2D eigenvalue weighted by molar-refractivity contribution is 5.77. The fourth-order valence-electron chi connectivity index (χ4n) is 3.42. The first kappa shape index (κ1) is 12.3. The third-order valence-corrected chi connectivity index (χ3v) is 4.30. The van der Waals surface area contributed by atoms with Crippen LogP contribution in [0.15, 0.2) is 12.1 Å². The van der Waals surface area contributed by atoms with Gasteiger partial charge in [0.1, 0.15) is 0 Å². The van der Waals surface area contributed by atoms with E-state index in [9.17, 15) is 4.79 Å². The summed E-state index contributed by atoms with van der Waals surface area (Å²) in [7, 11) is 3.35. The molecule has 0 aromatic heterocycles. The molecule has 19 heavy (non-hydrogen) atoms. The van der Waals surface area contributed by atoms with Gasteiger partial charge in [0, 0.05) is 23.9 Å². The smallest absolute Gasteiger partial charge is 0.220 e. The van der Waals surface area contributed by atoms with Crippen LogP contribution < -0.4 is 14.8 Å². The van der Waals surface area contributed by atoms with Crippen molar-refractivity contribution in [3.05, 3.63) is 23.3 Å². The van der Waals surface area contributed by atoms with Crippen molar-refractivity contribution in [1.82, 2.24) is 5.32 Å². The van der Waals surface area contributed by atoms with Crippen LogP contribution in [-0.2, 0) is 11.2 Å². The van der Waals surface area contributed by atoms with Crippen molar-refractivity contribution in [3.63, 3.8) is 0 Å². The lowest BCUT2D eigenvalue weighted by Crippen LogP contribution is -2.45. The normalized spacial score (nSPS) is 25.1. The van der Waals surface area contributed by atoms with Gasteiger partial charge in [-0.15, -0.1) is 0 Å². The predicted molar refractivity (Wildman–Crippen MR) is 71.8 cm³/mol. The summed E-state index contributed by atoms with van der Waals surface area (Å²) in [5, 5.41) is 3.11. The first-order valence-electron chi connectivity index (χ1n) is 6.77. The SMILES string of the molecule is COc1ccc2c(c1OC)CC[C@@H]1NC(=O)CC[C@@H]21. The fraction of sp³-hybridized carbons (Fsp3) is 0.533. The zero-order valence-corrected chi connectivity index (χ0v) is 11.4. The number of nitrogens with one attached hydrogen (secondary N) is 1. The molecule has 1 N–H and O–H groups in total. The summed E-state index contributed by atoms with van der Waals surface area (Å²) < 4.78 is 10.9. The van der Waals surface area contributed by atoms with Crippen LogP contribution in [0.5, 0.6) is 11.5 Å². The summed E-state index contributed by atoms with van der Waals surface area (Å²) in [6, 6.07) is 4.38. The highest BCUT2D eigenvalue weighted by atomic mass is 16.5. The third-order valence-electron chi connectivity index (χ3n) is 4.30. The topological polar surface area (TPSA) is 47.6 Å². The minimum Gasteiger partial charge on any atom is -0.493 e. The van der Waals surface area contributed by atoms with Crippen molar-refractivity contribution < 1.29 is 14.3 Å². The van der Waals surface area contributed by atoms with E-state index in [2.05, 4.69) is 11.4 Å². The van der Waals surface area contributed by atoms with Gasteiger partial charge < -0.3 is 14.8 Å². The molecule has 4 nitrogen and oxygen atoms in total. The van der Waals surface area contributed by atoms with Gasteiger partial charge in [0.2, 0.25) is 5.91 Å². The van der Waals surface area contributed by atoms with E-state index in [0.29, 0.717) is 12.3 Å². The maximum Gasteiger partial charge on any atom is 0.220 e. The lowest BCUT2D eigenvalue weighted by atomic mass is 9.75. The number of rotatable bonds is 2. The molecule has 1 aliphatic heterocycles. The van der Waals surface area contributed by atoms with Crippen molar-refractivity contribution in [3.8, 4) is 11.5 Å². The molecule has 1 fully saturated rings. The van der Waals surface area contributed by atoms with E-state index in [0.717, 1.165) is 30.8 Å². The number of ether oxygens (including phenoxy) is 2. The number of carbonyl (C=O) groups is 1. The number of carbonyl (C=O) groups excluding carboxylic acids is 1. The minimum atomic E-state index is 0.185. The molecule has 102 valence electrons. The Morgan fingerprint density at radius 2 is 2.00 bits per heavy atom. The Hall–Kier alpha value is -1.71.